The van der Waals surface area contributed by atoms with Crippen molar-refractivity contribution < 1.29 is 0 Å². The molecule has 6 nitrogen and oxygen atoms in total. The molecule has 30 heavy (non-hydrogen) atoms. The highest BCUT2D eigenvalue weighted by Crippen LogP contribution is 2.15. The van der Waals surface area contributed by atoms with Gasteiger partial charge in [0.25, 0.3) is 0 Å². The Morgan fingerprint density at radius 3 is 2.37 bits per heavy atom. The van der Waals surface area contributed by atoms with Crippen LogP contribution in [0.5, 0.6) is 0 Å². The number of aliphatic imine (C=N–C) groups is 1. The van der Waals surface area contributed by atoms with Gasteiger partial charge in [-0.05, 0) is 17.7 Å². The minimum absolute atomic E-state index is 0.817. The van der Waals surface area contributed by atoms with Gasteiger partial charge in [-0.2, -0.15) is 0 Å². The van der Waals surface area contributed by atoms with Crippen molar-refractivity contribution in [3.8, 4) is 0 Å². The van der Waals surface area contributed by atoms with Gasteiger partial charge in [0.2, 0.25) is 0 Å². The molecule has 156 valence electrons. The summed E-state index contributed by atoms with van der Waals surface area (Å²) in [5, 5.41) is 3.53. The van der Waals surface area contributed by atoms with Crippen molar-refractivity contribution in [2.45, 2.75) is 13.0 Å². The molecule has 0 bridgehead atoms. The fourth-order valence-electron chi connectivity index (χ4n) is 3.93. The van der Waals surface area contributed by atoms with E-state index in [0.29, 0.717) is 0 Å². The number of guanidine groups is 1. The average Bonchev–Trinajstić information content (AvgIpc) is 3.25. The minimum atomic E-state index is 0.817. The van der Waals surface area contributed by atoms with Crippen LogP contribution in [0.1, 0.15) is 11.4 Å². The molecule has 0 atom stereocenters. The maximum Gasteiger partial charge on any atom is 0.193 e. The van der Waals surface area contributed by atoms with Gasteiger partial charge in [-0.15, -0.1) is 0 Å². The van der Waals surface area contributed by atoms with Crippen molar-refractivity contribution in [3.63, 3.8) is 0 Å². The predicted molar refractivity (Wildman–Crippen MR) is 123 cm³/mol. The first-order valence-electron chi connectivity index (χ1n) is 10.6. The summed E-state index contributed by atoms with van der Waals surface area (Å²) in [6.45, 7) is 5.62. The number of imidazole rings is 1. The van der Waals surface area contributed by atoms with E-state index < -0.39 is 0 Å². The van der Waals surface area contributed by atoms with Gasteiger partial charge >= 0.3 is 0 Å². The number of hydrogen-bond donors (Lipinski definition) is 1. The number of aromatic nitrogens is 2. The fraction of sp³-hybridized carbons (Fsp3) is 0.333. The zero-order valence-corrected chi connectivity index (χ0v) is 17.6. The smallest absolute Gasteiger partial charge is 0.193 e. The van der Waals surface area contributed by atoms with Crippen molar-refractivity contribution in [3.05, 3.63) is 84.4 Å². The molecule has 0 amide bonds. The number of benzene rings is 2. The number of hydrogen-bond acceptors (Lipinski definition) is 3. The number of anilines is 1. The molecule has 4 rings (SSSR count). The van der Waals surface area contributed by atoms with Gasteiger partial charge in [0.15, 0.2) is 5.96 Å². The Labute approximate surface area is 178 Å². The highest BCUT2D eigenvalue weighted by Gasteiger charge is 2.19. The van der Waals surface area contributed by atoms with Crippen LogP contribution in [0.15, 0.2) is 78.0 Å². The van der Waals surface area contributed by atoms with Crippen LogP contribution in [0.25, 0.3) is 0 Å². The third-order valence-corrected chi connectivity index (χ3v) is 5.54. The highest BCUT2D eigenvalue weighted by atomic mass is 15.3. The summed E-state index contributed by atoms with van der Waals surface area (Å²) in [6, 6.07) is 21.1. The van der Waals surface area contributed by atoms with Gasteiger partial charge in [0.1, 0.15) is 5.82 Å². The van der Waals surface area contributed by atoms with E-state index in [-0.39, 0.29) is 0 Å². The molecule has 6 heteroatoms. The van der Waals surface area contributed by atoms with E-state index >= 15 is 0 Å². The second-order valence-electron chi connectivity index (χ2n) is 7.49. The topological polar surface area (TPSA) is 48.7 Å². The van der Waals surface area contributed by atoms with E-state index in [4.69, 9.17) is 0 Å². The Kier molecular flexibility index (Phi) is 6.65. The van der Waals surface area contributed by atoms with Crippen molar-refractivity contribution in [2.24, 2.45) is 4.99 Å². The second-order valence-corrected chi connectivity index (χ2v) is 7.49. The number of nitrogens with one attached hydrogen (secondary N) is 1. The Balaban J connectivity index is 1.26. The first-order valence-corrected chi connectivity index (χ1v) is 10.6. The van der Waals surface area contributed by atoms with Crippen LogP contribution in [-0.2, 0) is 13.0 Å². The summed E-state index contributed by atoms with van der Waals surface area (Å²) in [6.07, 6.45) is 4.80. The molecule has 1 fully saturated rings. The quantitative estimate of drug-likeness (QED) is 0.509. The Bertz CT molecular complexity index is 927. The second kappa shape index (κ2) is 9.96. The van der Waals surface area contributed by atoms with E-state index in [1.165, 1.54) is 11.3 Å². The first kappa shape index (κ1) is 20.0. The minimum Gasteiger partial charge on any atom is -0.368 e. The van der Waals surface area contributed by atoms with Crippen LogP contribution in [0.3, 0.4) is 0 Å². The van der Waals surface area contributed by atoms with Gasteiger partial charge in [-0.3, -0.25) is 4.99 Å². The first-order chi connectivity index (χ1) is 14.8. The molecule has 1 saturated heterocycles. The zero-order chi connectivity index (χ0) is 20.6. The van der Waals surface area contributed by atoms with Gasteiger partial charge in [0.05, 0.1) is 0 Å². The predicted octanol–water partition coefficient (Wildman–Crippen LogP) is 2.87. The Morgan fingerprint density at radius 2 is 1.67 bits per heavy atom. The molecule has 1 aliphatic rings. The average molecular weight is 403 g/mol. The van der Waals surface area contributed by atoms with Crippen LogP contribution in [0.4, 0.5) is 5.69 Å². The van der Waals surface area contributed by atoms with Crippen molar-refractivity contribution >= 4 is 11.6 Å². The van der Waals surface area contributed by atoms with Gasteiger partial charge in [0, 0.05) is 70.8 Å². The highest BCUT2D eigenvalue weighted by molar-refractivity contribution is 5.80. The standard InChI is InChI=1S/C24H30N6/c1-25-24(29-18-16-28(17-19-29)22-10-6-3-7-11-22)27-13-12-23-26-14-15-30(23)20-21-8-4-2-5-9-21/h2-11,14-15H,12-13,16-20H2,1H3,(H,25,27). The van der Waals surface area contributed by atoms with E-state index in [1.807, 2.05) is 19.3 Å². The van der Waals surface area contributed by atoms with E-state index in [1.54, 1.807) is 0 Å². The number of nitrogens with zero attached hydrogens (tertiary/aromatic N) is 5. The molecule has 0 spiro atoms. The van der Waals surface area contributed by atoms with Crippen molar-refractivity contribution in [2.75, 3.05) is 44.7 Å². The van der Waals surface area contributed by atoms with Crippen LogP contribution >= 0.6 is 0 Å². The van der Waals surface area contributed by atoms with Crippen molar-refractivity contribution in [1.29, 1.82) is 0 Å². The largest absolute Gasteiger partial charge is 0.368 e. The molecule has 0 aliphatic carbocycles. The van der Waals surface area contributed by atoms with Crippen LogP contribution in [-0.4, -0.2) is 60.2 Å². The molecule has 0 saturated carbocycles. The Morgan fingerprint density at radius 1 is 0.967 bits per heavy atom. The maximum absolute atomic E-state index is 4.55. The van der Waals surface area contributed by atoms with Crippen LogP contribution in [0.2, 0.25) is 0 Å². The maximum atomic E-state index is 4.55. The summed E-state index contributed by atoms with van der Waals surface area (Å²) >= 11 is 0. The van der Waals surface area contributed by atoms with Crippen molar-refractivity contribution in [1.82, 2.24) is 19.8 Å². The molecular weight excluding hydrogens is 372 g/mol. The third-order valence-electron chi connectivity index (χ3n) is 5.54. The molecular formula is C24H30N6. The van der Waals surface area contributed by atoms with Gasteiger partial charge in [-0.25, -0.2) is 4.98 Å². The SMILES string of the molecule is CN=C(NCCc1nccn1Cc1ccccc1)N1CCN(c2ccccc2)CC1. The van der Waals surface area contributed by atoms with Crippen LogP contribution in [0, 0.1) is 0 Å². The molecule has 1 N–H and O–H groups in total. The molecule has 2 heterocycles. The summed E-state index contributed by atoms with van der Waals surface area (Å²) in [4.78, 5) is 13.8. The zero-order valence-electron chi connectivity index (χ0n) is 17.6. The van der Waals surface area contributed by atoms with Gasteiger partial charge in [-0.1, -0.05) is 48.5 Å². The summed E-state index contributed by atoms with van der Waals surface area (Å²) < 4.78 is 2.22. The molecule has 0 radical (unpaired) electrons. The summed E-state index contributed by atoms with van der Waals surface area (Å²) in [7, 11) is 1.86. The molecule has 3 aromatic rings. The third kappa shape index (κ3) is 5.00. The lowest BCUT2D eigenvalue weighted by atomic mass is 10.2. The lowest BCUT2D eigenvalue weighted by molar-refractivity contribution is 0.372. The van der Waals surface area contributed by atoms with Gasteiger partial charge < -0.3 is 19.7 Å². The number of piperazine rings is 1. The van der Waals surface area contributed by atoms with Crippen LogP contribution < -0.4 is 10.2 Å². The number of para-hydroxylation sites is 1. The summed E-state index contributed by atoms with van der Waals surface area (Å²) in [5.74, 6) is 2.07. The Hall–Kier alpha value is -3.28. The van der Waals surface area contributed by atoms with E-state index in [0.717, 1.165) is 57.5 Å². The van der Waals surface area contributed by atoms with E-state index in [2.05, 4.69) is 90.5 Å². The number of rotatable bonds is 6. The van der Waals surface area contributed by atoms with E-state index in [9.17, 15) is 0 Å². The molecule has 0 unspecified atom stereocenters. The summed E-state index contributed by atoms with van der Waals surface area (Å²) in [5.41, 5.74) is 2.59. The lowest BCUT2D eigenvalue weighted by Gasteiger charge is -2.37. The fourth-order valence-corrected chi connectivity index (χ4v) is 3.93. The molecule has 2 aromatic carbocycles. The molecule has 1 aliphatic heterocycles. The monoisotopic (exact) mass is 402 g/mol. The molecule has 1 aromatic heterocycles. The lowest BCUT2D eigenvalue weighted by Crippen LogP contribution is -2.52. The normalized spacial score (nSPS) is 14.8.